The zero-order valence-electron chi connectivity index (χ0n) is 24.7. The number of fused-ring (bicyclic) bond motifs is 1. The molecule has 0 radical (unpaired) electrons. The number of nitrogens with zero attached hydrogens (tertiary/aromatic N) is 6. The molecule has 1 aliphatic heterocycles. The van der Waals surface area contributed by atoms with Gasteiger partial charge in [0.25, 0.3) is 5.56 Å². The van der Waals surface area contributed by atoms with Crippen LogP contribution in [0.1, 0.15) is 36.7 Å². The molecule has 2 aromatic heterocycles. The van der Waals surface area contributed by atoms with Crippen LogP contribution in [0, 0.1) is 5.92 Å². The number of hydrogen-bond donors (Lipinski definition) is 0. The van der Waals surface area contributed by atoms with Crippen molar-refractivity contribution in [1.82, 2.24) is 24.3 Å². The number of likely N-dealkylation sites (N-methyl/N-ethyl adjacent to an activating group) is 1. The average molecular weight is 605 g/mol. The molecule has 0 saturated carbocycles. The van der Waals surface area contributed by atoms with Gasteiger partial charge < -0.3 is 19.1 Å². The minimum Gasteiger partial charge on any atom is -0.438 e. The van der Waals surface area contributed by atoms with Crippen molar-refractivity contribution < 1.29 is 32.3 Å². The normalized spacial score (nSPS) is 14.2. The van der Waals surface area contributed by atoms with E-state index < -0.39 is 35.6 Å². The monoisotopic (exact) mass is 604 g/mol. The second-order valence-corrected chi connectivity index (χ2v) is 10.7. The number of hydrogen-bond acceptors (Lipinski definition) is 8. The van der Waals surface area contributed by atoms with Crippen molar-refractivity contribution >= 4 is 29.2 Å². The maximum absolute atomic E-state index is 13.3. The third-order valence-corrected chi connectivity index (χ3v) is 6.75. The molecule has 232 valence electrons. The molecule has 1 unspecified atom stereocenters. The van der Waals surface area contributed by atoms with Crippen LogP contribution in [0.4, 0.5) is 23.7 Å². The largest absolute Gasteiger partial charge is 0.438 e. The molecule has 0 saturated heterocycles. The molecule has 0 fully saturated rings. The first-order chi connectivity index (χ1) is 20.2. The van der Waals surface area contributed by atoms with Gasteiger partial charge >= 0.3 is 12.3 Å². The lowest BCUT2D eigenvalue weighted by Gasteiger charge is -2.19. The molecule has 14 heteroatoms. The summed E-state index contributed by atoms with van der Waals surface area (Å²) in [5.74, 6) is -2.33. The second kappa shape index (κ2) is 14.2. The molecule has 11 nitrogen and oxygen atoms in total. The summed E-state index contributed by atoms with van der Waals surface area (Å²) in [7, 11) is 6.16. The van der Waals surface area contributed by atoms with Gasteiger partial charge in [-0.25, -0.2) is 14.8 Å². The van der Waals surface area contributed by atoms with Crippen molar-refractivity contribution in [2.75, 3.05) is 28.2 Å². The fraction of sp³-hybridized carbons (Fsp3) is 0.483. The Balaban J connectivity index is 1.75. The third-order valence-electron chi connectivity index (χ3n) is 6.75. The van der Waals surface area contributed by atoms with Crippen LogP contribution in [0.3, 0.4) is 0 Å². The van der Waals surface area contributed by atoms with Crippen LogP contribution in [0.2, 0.25) is 0 Å². The SMILES string of the molecule is CC(Cc1ncnc2c1N=C(Cn1cccc(CC(=O)[C@H](CC/C=C/C(=O)N(C)C)OC(=O)N(C)C)c1=O)C2)C(F)(F)F. The van der Waals surface area contributed by atoms with Crippen LogP contribution >= 0.6 is 0 Å². The third kappa shape index (κ3) is 9.06. The molecule has 43 heavy (non-hydrogen) atoms. The molecule has 0 spiro atoms. The smallest absolute Gasteiger partial charge is 0.409 e. The summed E-state index contributed by atoms with van der Waals surface area (Å²) in [5.41, 5.74) is 1.20. The number of rotatable bonds is 12. The van der Waals surface area contributed by atoms with E-state index in [1.807, 2.05) is 0 Å². The summed E-state index contributed by atoms with van der Waals surface area (Å²) in [4.78, 5) is 65.6. The number of alkyl halides is 3. The minimum absolute atomic E-state index is 0.0369. The van der Waals surface area contributed by atoms with E-state index >= 15 is 0 Å². The summed E-state index contributed by atoms with van der Waals surface area (Å²) in [6.45, 7) is 1.12. The van der Waals surface area contributed by atoms with E-state index in [0.717, 1.165) is 6.92 Å². The van der Waals surface area contributed by atoms with Gasteiger partial charge in [-0.1, -0.05) is 19.1 Å². The van der Waals surface area contributed by atoms with Crippen LogP contribution in [0.5, 0.6) is 0 Å². The van der Waals surface area contributed by atoms with Gasteiger partial charge in [-0.2, -0.15) is 13.2 Å². The Labute approximate surface area is 247 Å². The molecule has 1 aliphatic rings. The highest BCUT2D eigenvalue weighted by molar-refractivity contribution is 5.93. The van der Waals surface area contributed by atoms with Crippen molar-refractivity contribution in [3.63, 3.8) is 0 Å². The van der Waals surface area contributed by atoms with Gasteiger partial charge in [-0.05, 0) is 25.0 Å². The molecule has 3 heterocycles. The van der Waals surface area contributed by atoms with Gasteiger partial charge in [0.1, 0.15) is 12.0 Å². The molecule has 0 aromatic carbocycles. The maximum atomic E-state index is 13.3. The fourth-order valence-electron chi connectivity index (χ4n) is 4.19. The van der Waals surface area contributed by atoms with Gasteiger partial charge in [0.05, 0.1) is 23.9 Å². The minimum atomic E-state index is -4.38. The lowest BCUT2D eigenvalue weighted by atomic mass is 10.0. The highest BCUT2D eigenvalue weighted by Gasteiger charge is 2.37. The summed E-state index contributed by atoms with van der Waals surface area (Å²) in [5, 5.41) is 0. The lowest BCUT2D eigenvalue weighted by Crippen LogP contribution is -2.35. The number of amides is 2. The van der Waals surface area contributed by atoms with E-state index in [1.54, 1.807) is 26.2 Å². The molecule has 0 bridgehead atoms. The van der Waals surface area contributed by atoms with Crippen molar-refractivity contribution in [2.24, 2.45) is 10.9 Å². The zero-order valence-corrected chi connectivity index (χ0v) is 24.7. The number of ketones is 1. The highest BCUT2D eigenvalue weighted by Crippen LogP contribution is 2.34. The number of aliphatic imine (C=N–C) groups is 1. The Bertz CT molecular complexity index is 1470. The van der Waals surface area contributed by atoms with Gasteiger partial charge in [-0.3, -0.25) is 19.4 Å². The Morgan fingerprint density at radius 3 is 2.51 bits per heavy atom. The van der Waals surface area contributed by atoms with Gasteiger partial charge in [0.2, 0.25) is 5.91 Å². The van der Waals surface area contributed by atoms with E-state index in [1.165, 1.54) is 53.1 Å². The highest BCUT2D eigenvalue weighted by atomic mass is 19.4. The molecule has 2 atom stereocenters. The quantitative estimate of drug-likeness (QED) is 0.340. The second-order valence-electron chi connectivity index (χ2n) is 10.7. The molecular formula is C29H35F3N6O5. The van der Waals surface area contributed by atoms with Crippen LogP contribution in [-0.2, 0) is 40.1 Å². The Morgan fingerprint density at radius 2 is 1.86 bits per heavy atom. The zero-order chi connectivity index (χ0) is 31.9. The number of carbonyl (C=O) groups excluding carboxylic acids is 3. The Morgan fingerprint density at radius 1 is 1.14 bits per heavy atom. The predicted molar refractivity (Wildman–Crippen MR) is 152 cm³/mol. The molecule has 3 rings (SSSR count). The van der Waals surface area contributed by atoms with Crippen molar-refractivity contribution in [3.05, 3.63) is 64.1 Å². The first kappa shape index (κ1) is 33.1. The maximum Gasteiger partial charge on any atom is 0.409 e. The van der Waals surface area contributed by atoms with E-state index in [-0.39, 0.29) is 55.8 Å². The number of allylic oxidation sites excluding steroid dienone is 1. The van der Waals surface area contributed by atoms with Crippen LogP contribution < -0.4 is 5.56 Å². The summed E-state index contributed by atoms with van der Waals surface area (Å²) >= 11 is 0. The van der Waals surface area contributed by atoms with E-state index in [0.29, 0.717) is 17.1 Å². The molecule has 0 N–H and O–H groups in total. The standard InChI is InChI=1S/C29H35F3N6O5/c1-18(29(30,31)32)13-21-26-22(34-17-33-21)15-20(35-26)16-38-12-8-9-19(27(38)41)14-23(39)24(43-28(42)37(4)5)10-6-7-11-25(40)36(2)3/h7-9,11-12,17-18,24H,6,10,13-16H2,1-5H3/b11-7+/t18?,24-/m0/s1. The van der Waals surface area contributed by atoms with E-state index in [4.69, 9.17) is 4.74 Å². The Kier molecular flexibility index (Phi) is 11.0. The van der Waals surface area contributed by atoms with Crippen LogP contribution in [0.25, 0.3) is 0 Å². The Hall–Kier alpha value is -4.36. The van der Waals surface area contributed by atoms with Crippen molar-refractivity contribution in [1.29, 1.82) is 0 Å². The van der Waals surface area contributed by atoms with Crippen LogP contribution in [-0.4, -0.2) is 88.3 Å². The summed E-state index contributed by atoms with van der Waals surface area (Å²) < 4.78 is 46.1. The van der Waals surface area contributed by atoms with Crippen molar-refractivity contribution in [3.8, 4) is 0 Å². The number of pyridine rings is 1. The lowest BCUT2D eigenvalue weighted by molar-refractivity contribution is -0.169. The number of aromatic nitrogens is 3. The number of ether oxygens (including phenoxy) is 1. The van der Waals surface area contributed by atoms with Gasteiger partial charge in [0, 0.05) is 64.9 Å². The molecular weight excluding hydrogens is 569 g/mol. The predicted octanol–water partition coefficient (Wildman–Crippen LogP) is 3.31. The molecule has 0 aliphatic carbocycles. The molecule has 2 amide bonds. The number of Topliss-reactive ketones (excluding diaryl/α,β-unsaturated/α-hetero) is 1. The van der Waals surface area contributed by atoms with Crippen LogP contribution in [0.15, 0.2) is 46.6 Å². The summed E-state index contributed by atoms with van der Waals surface area (Å²) in [6, 6.07) is 3.10. The van der Waals surface area contributed by atoms with E-state index in [2.05, 4.69) is 15.0 Å². The first-order valence-electron chi connectivity index (χ1n) is 13.6. The van der Waals surface area contributed by atoms with Gasteiger partial charge in [0.15, 0.2) is 11.9 Å². The molecule has 2 aromatic rings. The van der Waals surface area contributed by atoms with Crippen molar-refractivity contribution in [2.45, 2.75) is 57.9 Å². The number of halogens is 3. The fourth-order valence-corrected chi connectivity index (χ4v) is 4.19. The first-order valence-corrected chi connectivity index (χ1v) is 13.6. The topological polar surface area (TPSA) is 127 Å². The summed E-state index contributed by atoms with van der Waals surface area (Å²) in [6.07, 6.45) is -0.567. The van der Waals surface area contributed by atoms with E-state index in [9.17, 15) is 32.3 Å². The van der Waals surface area contributed by atoms with Gasteiger partial charge in [-0.15, -0.1) is 0 Å². The number of carbonyl (C=O) groups is 3. The average Bonchev–Trinajstić information content (AvgIpc) is 3.35.